The summed E-state index contributed by atoms with van der Waals surface area (Å²) < 4.78 is 4.96. The van der Waals surface area contributed by atoms with Crippen molar-refractivity contribution >= 4 is 41.9 Å². The van der Waals surface area contributed by atoms with E-state index in [4.69, 9.17) is 16.3 Å². The average Bonchev–Trinajstić information content (AvgIpc) is 2.88. The minimum absolute atomic E-state index is 0. The summed E-state index contributed by atoms with van der Waals surface area (Å²) in [6.45, 7) is 0.372. The average molecular weight is 342 g/mol. The summed E-state index contributed by atoms with van der Waals surface area (Å²) in [6, 6.07) is 15.6. The van der Waals surface area contributed by atoms with Gasteiger partial charge >= 0.3 is 6.09 Å². The first kappa shape index (κ1) is 16.0. The molecule has 1 saturated heterocycles. The molecule has 1 fully saturated rings. The predicted molar refractivity (Wildman–Crippen MR) is 86.5 cm³/mol. The van der Waals surface area contributed by atoms with Crippen LogP contribution in [0.25, 0.3) is 0 Å². The lowest BCUT2D eigenvalue weighted by Gasteiger charge is -2.13. The molecule has 0 aliphatic carbocycles. The van der Waals surface area contributed by atoms with Crippen LogP contribution in [0.4, 0.5) is 4.79 Å². The Morgan fingerprint density at radius 2 is 1.86 bits per heavy atom. The number of halogens is 2. The van der Waals surface area contributed by atoms with Gasteiger partial charge in [-0.2, -0.15) is 0 Å². The topological polar surface area (TPSA) is 38.3 Å². The van der Waals surface area contributed by atoms with Crippen molar-refractivity contribution in [3.05, 3.63) is 59.1 Å². The third-order valence-electron chi connectivity index (χ3n) is 3.01. The van der Waals surface area contributed by atoms with E-state index in [1.54, 1.807) is 11.8 Å². The summed E-state index contributed by atoms with van der Waals surface area (Å²) in [6.07, 6.45) is -0.360. The largest absolute Gasteiger partial charge is 0.447 e. The van der Waals surface area contributed by atoms with E-state index in [1.807, 2.05) is 48.5 Å². The van der Waals surface area contributed by atoms with Crippen LogP contribution < -0.4 is 5.32 Å². The second-order valence-corrected chi connectivity index (χ2v) is 5.94. The fourth-order valence-electron chi connectivity index (χ4n) is 2.04. The molecule has 3 rings (SSSR count). The van der Waals surface area contributed by atoms with Crippen LogP contribution in [0.5, 0.6) is 0 Å². The molecule has 3 nitrogen and oxygen atoms in total. The third kappa shape index (κ3) is 3.84. The number of benzene rings is 2. The highest BCUT2D eigenvalue weighted by molar-refractivity contribution is 7.99. The lowest BCUT2D eigenvalue weighted by molar-refractivity contribution is 0.177. The van der Waals surface area contributed by atoms with Gasteiger partial charge in [-0.1, -0.05) is 41.6 Å². The van der Waals surface area contributed by atoms with E-state index in [2.05, 4.69) is 5.32 Å². The zero-order valence-electron chi connectivity index (χ0n) is 10.9. The van der Waals surface area contributed by atoms with Crippen LogP contribution in [0, 0.1) is 0 Å². The van der Waals surface area contributed by atoms with Crippen molar-refractivity contribution in [2.45, 2.75) is 15.8 Å². The maximum atomic E-state index is 11.2. The lowest BCUT2D eigenvalue weighted by atomic mass is 10.1. The van der Waals surface area contributed by atoms with Gasteiger partial charge in [0.15, 0.2) is 0 Å². The fourth-order valence-corrected chi connectivity index (χ4v) is 3.17. The van der Waals surface area contributed by atoms with Gasteiger partial charge in [-0.15, -0.1) is 12.4 Å². The van der Waals surface area contributed by atoms with Gasteiger partial charge in [0.25, 0.3) is 0 Å². The van der Waals surface area contributed by atoms with Crippen LogP contribution in [-0.4, -0.2) is 12.7 Å². The van der Waals surface area contributed by atoms with E-state index in [0.717, 1.165) is 20.4 Å². The molecule has 21 heavy (non-hydrogen) atoms. The van der Waals surface area contributed by atoms with E-state index in [1.165, 1.54) is 0 Å². The van der Waals surface area contributed by atoms with Crippen molar-refractivity contribution in [1.29, 1.82) is 0 Å². The highest BCUT2D eigenvalue weighted by Gasteiger charge is 2.25. The van der Waals surface area contributed by atoms with E-state index in [-0.39, 0.29) is 24.5 Å². The molecule has 0 radical (unpaired) electrons. The number of rotatable bonds is 3. The van der Waals surface area contributed by atoms with E-state index < -0.39 is 0 Å². The van der Waals surface area contributed by atoms with Gasteiger partial charge in [-0.05, 0) is 35.9 Å². The SMILES string of the molecule is Cl.O=C1N[C@H](c2ccccc2Sc2ccc(Cl)cc2)CO1. The van der Waals surface area contributed by atoms with Crippen molar-refractivity contribution in [3.63, 3.8) is 0 Å². The summed E-state index contributed by atoms with van der Waals surface area (Å²) in [5.41, 5.74) is 1.07. The first-order valence-electron chi connectivity index (χ1n) is 6.18. The van der Waals surface area contributed by atoms with Gasteiger partial charge in [0, 0.05) is 14.8 Å². The third-order valence-corrected chi connectivity index (χ3v) is 4.36. The smallest absolute Gasteiger partial charge is 0.407 e. The Hall–Kier alpha value is -1.36. The van der Waals surface area contributed by atoms with Gasteiger partial charge in [0.1, 0.15) is 6.61 Å². The Morgan fingerprint density at radius 1 is 1.14 bits per heavy atom. The summed E-state index contributed by atoms with van der Waals surface area (Å²) in [5, 5.41) is 3.53. The number of amides is 1. The monoisotopic (exact) mass is 341 g/mol. The molecule has 1 N–H and O–H groups in total. The fraction of sp³-hybridized carbons (Fsp3) is 0.133. The van der Waals surface area contributed by atoms with Crippen LogP contribution in [0.3, 0.4) is 0 Å². The second-order valence-electron chi connectivity index (χ2n) is 4.39. The number of alkyl carbamates (subject to hydrolysis) is 1. The molecular weight excluding hydrogens is 329 g/mol. The quantitative estimate of drug-likeness (QED) is 0.879. The maximum absolute atomic E-state index is 11.2. The first-order valence-corrected chi connectivity index (χ1v) is 7.37. The van der Waals surface area contributed by atoms with Crippen molar-refractivity contribution in [2.75, 3.05) is 6.61 Å². The number of ether oxygens (including phenoxy) is 1. The molecule has 0 saturated carbocycles. The molecule has 1 aliphatic heterocycles. The molecule has 1 amide bonds. The molecule has 0 unspecified atom stereocenters. The molecule has 0 spiro atoms. The Bertz CT molecular complexity index is 634. The number of cyclic esters (lactones) is 1. The Labute approximate surface area is 138 Å². The van der Waals surface area contributed by atoms with Gasteiger partial charge < -0.3 is 10.1 Å². The molecule has 1 aliphatic rings. The highest BCUT2D eigenvalue weighted by atomic mass is 35.5. The second kappa shape index (κ2) is 7.07. The summed E-state index contributed by atoms with van der Waals surface area (Å²) in [7, 11) is 0. The Morgan fingerprint density at radius 3 is 2.52 bits per heavy atom. The predicted octanol–water partition coefficient (Wildman–Crippen LogP) is 4.69. The minimum atomic E-state index is -0.360. The zero-order valence-corrected chi connectivity index (χ0v) is 13.3. The van der Waals surface area contributed by atoms with Crippen LogP contribution in [0.2, 0.25) is 5.02 Å². The highest BCUT2D eigenvalue weighted by Crippen LogP contribution is 2.34. The molecule has 6 heteroatoms. The number of nitrogens with one attached hydrogen (secondary N) is 1. The van der Waals surface area contributed by atoms with E-state index in [0.29, 0.717) is 6.61 Å². The summed E-state index contributed by atoms with van der Waals surface area (Å²) in [4.78, 5) is 13.4. The molecule has 1 heterocycles. The molecule has 2 aromatic carbocycles. The number of carbonyl (C=O) groups excluding carboxylic acids is 1. The van der Waals surface area contributed by atoms with Crippen LogP contribution in [-0.2, 0) is 4.74 Å². The first-order chi connectivity index (χ1) is 9.72. The normalized spacial score (nSPS) is 16.8. The molecule has 110 valence electrons. The number of hydrogen-bond donors (Lipinski definition) is 1. The van der Waals surface area contributed by atoms with Crippen LogP contribution >= 0.6 is 35.8 Å². The molecule has 0 bridgehead atoms. The molecule has 0 aromatic heterocycles. The van der Waals surface area contributed by atoms with Crippen molar-refractivity contribution in [1.82, 2.24) is 5.32 Å². The minimum Gasteiger partial charge on any atom is -0.447 e. The van der Waals surface area contributed by atoms with Crippen LogP contribution in [0.15, 0.2) is 58.3 Å². The molecule has 2 aromatic rings. The zero-order chi connectivity index (χ0) is 13.9. The Balaban J connectivity index is 0.00000161. The summed E-state index contributed by atoms with van der Waals surface area (Å²) in [5.74, 6) is 0. The standard InChI is InChI=1S/C15H12ClNO2S.ClH/c16-10-5-7-11(8-6-10)20-14-4-2-1-3-12(14)13-9-19-15(18)17-13;/h1-8,13H,9H2,(H,17,18);1H/t13-;/m0./s1. The van der Waals surface area contributed by atoms with Crippen molar-refractivity contribution in [3.8, 4) is 0 Å². The van der Waals surface area contributed by atoms with Gasteiger partial charge in [-0.25, -0.2) is 4.79 Å². The molecular formula is C15H13Cl2NO2S. The van der Waals surface area contributed by atoms with Gasteiger partial charge in [0.05, 0.1) is 6.04 Å². The van der Waals surface area contributed by atoms with Gasteiger partial charge in [-0.3, -0.25) is 0 Å². The lowest BCUT2D eigenvalue weighted by Crippen LogP contribution is -2.18. The van der Waals surface area contributed by atoms with Gasteiger partial charge in [0.2, 0.25) is 0 Å². The number of hydrogen-bond acceptors (Lipinski definition) is 3. The summed E-state index contributed by atoms with van der Waals surface area (Å²) >= 11 is 7.54. The van der Waals surface area contributed by atoms with Crippen molar-refractivity contribution in [2.24, 2.45) is 0 Å². The van der Waals surface area contributed by atoms with E-state index >= 15 is 0 Å². The van der Waals surface area contributed by atoms with E-state index in [9.17, 15) is 4.79 Å². The Kier molecular flexibility index (Phi) is 5.39. The van der Waals surface area contributed by atoms with Crippen molar-refractivity contribution < 1.29 is 9.53 Å². The maximum Gasteiger partial charge on any atom is 0.407 e. The van der Waals surface area contributed by atoms with Crippen LogP contribution in [0.1, 0.15) is 11.6 Å². The number of carbonyl (C=O) groups is 1. The molecule has 1 atom stereocenters.